The second kappa shape index (κ2) is 8.55. The molecule has 160 valence electrons. The Kier molecular flexibility index (Phi) is 5.62. The second-order valence-electron chi connectivity index (χ2n) is 7.75. The first-order valence-corrected chi connectivity index (χ1v) is 12.8. The van der Waals surface area contributed by atoms with Crippen LogP contribution in [0.3, 0.4) is 0 Å². The van der Waals surface area contributed by atoms with Gasteiger partial charge < -0.3 is 0 Å². The Balaban J connectivity index is 1.30. The molecule has 31 heavy (non-hydrogen) atoms. The van der Waals surface area contributed by atoms with Crippen molar-refractivity contribution in [1.29, 1.82) is 0 Å². The topological polar surface area (TPSA) is 57.9 Å². The first-order chi connectivity index (χ1) is 15.1. The van der Waals surface area contributed by atoms with Crippen molar-refractivity contribution >= 4 is 26.3 Å². The van der Waals surface area contributed by atoms with Gasteiger partial charge in [-0.05, 0) is 5.56 Å². The maximum absolute atomic E-state index is 12.9. The summed E-state index contributed by atoms with van der Waals surface area (Å²) in [5, 5.41) is 2.05. The third-order valence-electron chi connectivity index (χ3n) is 5.70. The van der Waals surface area contributed by atoms with Crippen molar-refractivity contribution in [2.24, 2.45) is 0 Å². The standard InChI is InChI=1S/C23H24N4O2S2/c28-31(29,18-19-7-3-1-4-8-19)26-13-11-25(12-14-26)17-21-22(20-9-5-2-6-10-20)24-23-27(21)15-16-30-23/h1-10,15-16H,11-14,17-18H2. The number of nitrogens with zero attached hydrogens (tertiary/aromatic N) is 4. The van der Waals surface area contributed by atoms with Crippen molar-refractivity contribution in [3.63, 3.8) is 0 Å². The fourth-order valence-electron chi connectivity index (χ4n) is 4.06. The van der Waals surface area contributed by atoms with Gasteiger partial charge in [0.1, 0.15) is 0 Å². The van der Waals surface area contributed by atoms with Crippen LogP contribution in [0.1, 0.15) is 11.3 Å². The van der Waals surface area contributed by atoms with Crippen LogP contribution >= 0.6 is 11.3 Å². The molecule has 2 aromatic carbocycles. The van der Waals surface area contributed by atoms with E-state index < -0.39 is 10.0 Å². The highest BCUT2D eigenvalue weighted by Crippen LogP contribution is 2.28. The number of rotatable bonds is 6. The highest BCUT2D eigenvalue weighted by atomic mass is 32.2. The zero-order chi connectivity index (χ0) is 21.3. The van der Waals surface area contributed by atoms with Gasteiger partial charge in [0.05, 0.1) is 17.1 Å². The summed E-state index contributed by atoms with van der Waals surface area (Å²) in [6.07, 6.45) is 2.06. The molecule has 0 N–H and O–H groups in total. The predicted molar refractivity (Wildman–Crippen MR) is 124 cm³/mol. The molecule has 1 fully saturated rings. The van der Waals surface area contributed by atoms with E-state index in [1.165, 1.54) is 0 Å². The minimum Gasteiger partial charge on any atom is -0.295 e. The molecule has 0 spiro atoms. The molecule has 0 bridgehead atoms. The Morgan fingerprint density at radius 3 is 2.29 bits per heavy atom. The molecule has 8 heteroatoms. The summed E-state index contributed by atoms with van der Waals surface area (Å²) in [5.74, 6) is 0.0597. The summed E-state index contributed by atoms with van der Waals surface area (Å²) in [5.41, 5.74) is 4.10. The largest absolute Gasteiger partial charge is 0.295 e. The second-order valence-corrected chi connectivity index (χ2v) is 10.6. The van der Waals surface area contributed by atoms with Gasteiger partial charge in [0.25, 0.3) is 0 Å². The van der Waals surface area contributed by atoms with Crippen LogP contribution in [0.4, 0.5) is 0 Å². The van der Waals surface area contributed by atoms with E-state index in [-0.39, 0.29) is 5.75 Å². The lowest BCUT2D eigenvalue weighted by Gasteiger charge is -2.34. The lowest BCUT2D eigenvalue weighted by Crippen LogP contribution is -2.48. The molecule has 0 saturated carbocycles. The molecular formula is C23H24N4O2S2. The van der Waals surface area contributed by atoms with Crippen LogP contribution in [0.2, 0.25) is 0 Å². The molecule has 0 aliphatic carbocycles. The number of fused-ring (bicyclic) bond motifs is 1. The highest BCUT2D eigenvalue weighted by Gasteiger charge is 2.28. The number of thiazole rings is 1. The molecule has 1 saturated heterocycles. The number of hydrogen-bond donors (Lipinski definition) is 0. The average molecular weight is 453 g/mol. The van der Waals surface area contributed by atoms with Gasteiger partial charge in [0, 0.05) is 49.9 Å². The third kappa shape index (κ3) is 4.29. The van der Waals surface area contributed by atoms with Crippen LogP contribution in [-0.4, -0.2) is 53.2 Å². The molecular weight excluding hydrogens is 428 g/mol. The summed E-state index contributed by atoms with van der Waals surface area (Å²) in [7, 11) is -3.31. The zero-order valence-electron chi connectivity index (χ0n) is 17.1. The first-order valence-electron chi connectivity index (χ1n) is 10.3. The molecule has 3 heterocycles. The molecule has 0 unspecified atom stereocenters. The van der Waals surface area contributed by atoms with Gasteiger partial charge in [-0.3, -0.25) is 9.30 Å². The van der Waals surface area contributed by atoms with Crippen LogP contribution < -0.4 is 0 Å². The Morgan fingerprint density at radius 2 is 1.58 bits per heavy atom. The van der Waals surface area contributed by atoms with Gasteiger partial charge in [-0.25, -0.2) is 13.4 Å². The van der Waals surface area contributed by atoms with Crippen LogP contribution in [-0.2, 0) is 22.3 Å². The van der Waals surface area contributed by atoms with Gasteiger partial charge in [-0.15, -0.1) is 11.3 Å². The molecule has 5 rings (SSSR count). The zero-order valence-corrected chi connectivity index (χ0v) is 18.7. The van der Waals surface area contributed by atoms with E-state index in [9.17, 15) is 8.42 Å². The summed E-state index contributed by atoms with van der Waals surface area (Å²) in [6.45, 7) is 3.19. The van der Waals surface area contributed by atoms with Crippen molar-refractivity contribution in [3.05, 3.63) is 83.5 Å². The highest BCUT2D eigenvalue weighted by molar-refractivity contribution is 7.88. The van der Waals surface area contributed by atoms with Crippen molar-refractivity contribution in [1.82, 2.24) is 18.6 Å². The molecule has 4 aromatic rings. The first kappa shape index (κ1) is 20.4. The van der Waals surface area contributed by atoms with Crippen molar-refractivity contribution < 1.29 is 8.42 Å². The number of benzene rings is 2. The lowest BCUT2D eigenvalue weighted by molar-refractivity contribution is 0.179. The van der Waals surface area contributed by atoms with Crippen LogP contribution in [0.5, 0.6) is 0 Å². The molecule has 1 aliphatic rings. The predicted octanol–water partition coefficient (Wildman–Crippen LogP) is 3.71. The van der Waals surface area contributed by atoms with E-state index in [0.29, 0.717) is 26.2 Å². The van der Waals surface area contributed by atoms with E-state index in [1.807, 2.05) is 48.5 Å². The van der Waals surface area contributed by atoms with Crippen LogP contribution in [0.15, 0.2) is 72.2 Å². The SMILES string of the molecule is O=S(=O)(Cc1ccccc1)N1CCN(Cc2c(-c3ccccc3)nc3sccn23)CC1. The summed E-state index contributed by atoms with van der Waals surface area (Å²) < 4.78 is 29.5. The third-order valence-corrected chi connectivity index (χ3v) is 8.30. The van der Waals surface area contributed by atoms with Crippen LogP contribution in [0, 0.1) is 0 Å². The summed E-state index contributed by atoms with van der Waals surface area (Å²) >= 11 is 1.63. The fourth-order valence-corrected chi connectivity index (χ4v) is 6.31. The lowest BCUT2D eigenvalue weighted by atomic mass is 10.1. The van der Waals surface area contributed by atoms with Crippen molar-refractivity contribution in [2.75, 3.05) is 26.2 Å². The van der Waals surface area contributed by atoms with Gasteiger partial charge >= 0.3 is 0 Å². The molecule has 0 amide bonds. The maximum Gasteiger partial charge on any atom is 0.218 e. The van der Waals surface area contributed by atoms with Gasteiger partial charge in [0.15, 0.2) is 4.96 Å². The monoisotopic (exact) mass is 452 g/mol. The van der Waals surface area contributed by atoms with Gasteiger partial charge in [-0.2, -0.15) is 4.31 Å². The number of aromatic nitrogens is 2. The number of hydrogen-bond acceptors (Lipinski definition) is 5. The van der Waals surface area contributed by atoms with E-state index in [1.54, 1.807) is 15.6 Å². The van der Waals surface area contributed by atoms with E-state index in [0.717, 1.165) is 34.0 Å². The van der Waals surface area contributed by atoms with E-state index in [4.69, 9.17) is 4.98 Å². The number of imidazole rings is 1. The minimum atomic E-state index is -3.31. The van der Waals surface area contributed by atoms with Gasteiger partial charge in [0.2, 0.25) is 10.0 Å². The van der Waals surface area contributed by atoms with E-state index in [2.05, 4.69) is 33.0 Å². The average Bonchev–Trinajstić information content (AvgIpc) is 3.38. The van der Waals surface area contributed by atoms with E-state index >= 15 is 0 Å². The Bertz CT molecular complexity index is 1260. The molecule has 2 aromatic heterocycles. The van der Waals surface area contributed by atoms with Gasteiger partial charge in [-0.1, -0.05) is 60.7 Å². The summed E-state index contributed by atoms with van der Waals surface area (Å²) in [4.78, 5) is 8.16. The minimum absolute atomic E-state index is 0.0597. The maximum atomic E-state index is 12.9. The number of piperazine rings is 1. The fraction of sp³-hybridized carbons (Fsp3) is 0.261. The quantitative estimate of drug-likeness (QED) is 0.448. The van der Waals surface area contributed by atoms with Crippen molar-refractivity contribution in [2.45, 2.75) is 12.3 Å². The molecule has 6 nitrogen and oxygen atoms in total. The molecule has 0 radical (unpaired) electrons. The normalized spacial score (nSPS) is 16.1. The Hall–Kier alpha value is -2.52. The Labute approximate surface area is 186 Å². The molecule has 0 atom stereocenters. The van der Waals surface area contributed by atoms with Crippen LogP contribution in [0.25, 0.3) is 16.2 Å². The van der Waals surface area contributed by atoms with Crippen molar-refractivity contribution in [3.8, 4) is 11.3 Å². The number of sulfonamides is 1. The summed E-state index contributed by atoms with van der Waals surface area (Å²) in [6, 6.07) is 19.6. The smallest absolute Gasteiger partial charge is 0.218 e. The molecule has 1 aliphatic heterocycles. The Morgan fingerprint density at radius 1 is 0.903 bits per heavy atom.